The van der Waals surface area contributed by atoms with Crippen LogP contribution in [0.5, 0.6) is 5.75 Å². The Kier molecular flexibility index (Phi) is 6.55. The molecule has 2 N–H and O–H groups in total. The number of benzene rings is 2. The molecule has 31 heavy (non-hydrogen) atoms. The molecule has 7 nitrogen and oxygen atoms in total. The van der Waals surface area contributed by atoms with Crippen LogP contribution >= 0.6 is 0 Å². The van der Waals surface area contributed by atoms with E-state index >= 15 is 0 Å². The molecule has 2 aromatic carbocycles. The quantitative estimate of drug-likeness (QED) is 0.375. The van der Waals surface area contributed by atoms with Gasteiger partial charge in [-0.25, -0.2) is 5.43 Å². The lowest BCUT2D eigenvalue weighted by molar-refractivity contribution is -0.136. The summed E-state index contributed by atoms with van der Waals surface area (Å²) in [5.41, 5.74) is 9.10. The molecular weight excluding hydrogens is 392 g/mol. The minimum Gasteiger partial charge on any atom is -0.497 e. The molecule has 0 radical (unpaired) electrons. The summed E-state index contributed by atoms with van der Waals surface area (Å²) < 4.78 is 7.25. The lowest BCUT2D eigenvalue weighted by atomic mass is 10.1. The normalized spacial score (nSPS) is 10.9. The minimum absolute atomic E-state index is 0.459. The average molecular weight is 418 g/mol. The maximum absolute atomic E-state index is 12.1. The summed E-state index contributed by atoms with van der Waals surface area (Å²) in [6.07, 6.45) is 1.54. The highest BCUT2D eigenvalue weighted by molar-refractivity contribution is 6.39. The Balaban J connectivity index is 1.69. The highest BCUT2D eigenvalue weighted by Gasteiger charge is 2.14. The third-order valence-corrected chi connectivity index (χ3v) is 4.97. The van der Waals surface area contributed by atoms with Crippen molar-refractivity contribution in [2.24, 2.45) is 5.10 Å². The second kappa shape index (κ2) is 9.30. The maximum Gasteiger partial charge on any atom is 0.329 e. The second-order valence-electron chi connectivity index (χ2n) is 7.34. The Labute approximate surface area is 181 Å². The van der Waals surface area contributed by atoms with Crippen LogP contribution in [-0.2, 0) is 9.59 Å². The Morgan fingerprint density at radius 3 is 2.48 bits per heavy atom. The summed E-state index contributed by atoms with van der Waals surface area (Å²) in [6.45, 7) is 8.16. The zero-order valence-corrected chi connectivity index (χ0v) is 18.3. The largest absolute Gasteiger partial charge is 0.497 e. The van der Waals surface area contributed by atoms with E-state index in [-0.39, 0.29) is 0 Å². The molecule has 0 unspecified atom stereocenters. The number of hydrazone groups is 1. The van der Waals surface area contributed by atoms with Gasteiger partial charge in [0.15, 0.2) is 0 Å². The molecule has 0 fully saturated rings. The number of nitrogens with one attached hydrogen (secondary N) is 2. The predicted octanol–water partition coefficient (Wildman–Crippen LogP) is 3.81. The highest BCUT2D eigenvalue weighted by Crippen LogP contribution is 2.23. The van der Waals surface area contributed by atoms with Gasteiger partial charge in [0.1, 0.15) is 5.75 Å². The number of amides is 2. The van der Waals surface area contributed by atoms with Crippen LogP contribution in [0.3, 0.4) is 0 Å². The Morgan fingerprint density at radius 2 is 1.77 bits per heavy atom. The monoisotopic (exact) mass is 418 g/mol. The molecule has 7 heteroatoms. The number of carbonyl (C=O) groups excluding carboxylic acids is 2. The van der Waals surface area contributed by atoms with Crippen molar-refractivity contribution in [2.45, 2.75) is 27.7 Å². The Hall–Kier alpha value is -3.87. The van der Waals surface area contributed by atoms with Crippen LogP contribution < -0.4 is 15.5 Å². The maximum atomic E-state index is 12.1. The lowest BCUT2D eigenvalue weighted by Gasteiger charge is -2.13. The topological polar surface area (TPSA) is 84.7 Å². The molecule has 0 saturated carbocycles. The lowest BCUT2D eigenvalue weighted by Crippen LogP contribution is -2.32. The van der Waals surface area contributed by atoms with Gasteiger partial charge in [-0.15, -0.1) is 0 Å². The fourth-order valence-corrected chi connectivity index (χ4v) is 3.45. The van der Waals surface area contributed by atoms with Gasteiger partial charge in [-0.3, -0.25) is 9.59 Å². The molecule has 0 aliphatic heterocycles. The van der Waals surface area contributed by atoms with Crippen LogP contribution in [-0.4, -0.2) is 29.7 Å². The zero-order valence-electron chi connectivity index (χ0n) is 18.3. The number of anilines is 1. The van der Waals surface area contributed by atoms with Gasteiger partial charge in [-0.2, -0.15) is 5.10 Å². The van der Waals surface area contributed by atoms with E-state index in [0.717, 1.165) is 22.6 Å². The van der Waals surface area contributed by atoms with Crippen molar-refractivity contribution in [3.63, 3.8) is 0 Å². The van der Waals surface area contributed by atoms with Crippen molar-refractivity contribution in [1.29, 1.82) is 0 Å². The highest BCUT2D eigenvalue weighted by atomic mass is 16.5. The van der Waals surface area contributed by atoms with Crippen LogP contribution in [0.4, 0.5) is 5.69 Å². The number of aromatic nitrogens is 1. The molecule has 0 atom stereocenters. The third kappa shape index (κ3) is 5.01. The van der Waals surface area contributed by atoms with E-state index in [2.05, 4.69) is 52.5 Å². The van der Waals surface area contributed by atoms with Gasteiger partial charge in [0.25, 0.3) is 0 Å². The molecule has 3 rings (SSSR count). The van der Waals surface area contributed by atoms with E-state index < -0.39 is 11.8 Å². The number of carbonyl (C=O) groups is 2. The van der Waals surface area contributed by atoms with Crippen LogP contribution in [0.25, 0.3) is 5.69 Å². The van der Waals surface area contributed by atoms with Gasteiger partial charge in [0.05, 0.1) is 13.3 Å². The number of rotatable bonds is 5. The molecule has 0 aliphatic carbocycles. The summed E-state index contributed by atoms with van der Waals surface area (Å²) in [5, 5.41) is 6.47. The van der Waals surface area contributed by atoms with Gasteiger partial charge >= 0.3 is 11.8 Å². The van der Waals surface area contributed by atoms with E-state index in [9.17, 15) is 9.59 Å². The molecule has 1 heterocycles. The molecule has 160 valence electrons. The van der Waals surface area contributed by atoms with Crippen molar-refractivity contribution in [1.82, 2.24) is 9.99 Å². The SMILES string of the molecule is COc1cccc(NC(=O)C(=O)N/N=C\c2cc(C)n(-c3ccc(C)cc3C)c2C)c1. The van der Waals surface area contributed by atoms with Crippen LogP contribution in [0, 0.1) is 27.7 Å². The van der Waals surface area contributed by atoms with E-state index in [1.165, 1.54) is 18.2 Å². The summed E-state index contributed by atoms with van der Waals surface area (Å²) in [4.78, 5) is 24.2. The first-order valence-corrected chi connectivity index (χ1v) is 9.85. The molecular formula is C24H26N4O3. The van der Waals surface area contributed by atoms with Crippen LogP contribution in [0.1, 0.15) is 28.1 Å². The van der Waals surface area contributed by atoms with Crippen LogP contribution in [0.15, 0.2) is 53.6 Å². The fourth-order valence-electron chi connectivity index (χ4n) is 3.45. The van der Waals surface area contributed by atoms with Crippen molar-refractivity contribution in [3.8, 4) is 11.4 Å². The van der Waals surface area contributed by atoms with E-state index in [1.807, 2.05) is 19.9 Å². The second-order valence-corrected chi connectivity index (χ2v) is 7.34. The van der Waals surface area contributed by atoms with Crippen molar-refractivity contribution in [2.75, 3.05) is 12.4 Å². The zero-order chi connectivity index (χ0) is 22.5. The molecule has 2 amide bonds. The average Bonchev–Trinajstić information content (AvgIpc) is 3.01. The van der Waals surface area contributed by atoms with E-state index in [0.29, 0.717) is 11.4 Å². The van der Waals surface area contributed by atoms with Gasteiger partial charge in [0, 0.05) is 34.4 Å². The molecule has 0 bridgehead atoms. The van der Waals surface area contributed by atoms with E-state index in [1.54, 1.807) is 30.5 Å². The molecule has 0 saturated heterocycles. The van der Waals surface area contributed by atoms with Crippen molar-refractivity contribution >= 4 is 23.7 Å². The Bertz CT molecular complexity index is 1160. The number of methoxy groups -OCH3 is 1. The van der Waals surface area contributed by atoms with Gasteiger partial charge in [0.2, 0.25) is 0 Å². The van der Waals surface area contributed by atoms with Crippen molar-refractivity contribution < 1.29 is 14.3 Å². The number of hydrogen-bond donors (Lipinski definition) is 2. The Morgan fingerprint density at radius 1 is 1.00 bits per heavy atom. The number of hydrogen-bond acceptors (Lipinski definition) is 4. The number of nitrogens with zero attached hydrogens (tertiary/aromatic N) is 2. The summed E-state index contributed by atoms with van der Waals surface area (Å²) in [7, 11) is 1.53. The number of ether oxygens (including phenoxy) is 1. The standard InChI is InChI=1S/C24H26N4O3/c1-15-9-10-22(16(2)11-15)28-17(3)12-19(18(28)4)14-25-27-24(30)23(29)26-20-7-6-8-21(13-20)31-5/h6-14H,1-5H3,(H,26,29)(H,27,30)/b25-14-. The first-order chi connectivity index (χ1) is 14.8. The smallest absolute Gasteiger partial charge is 0.329 e. The fraction of sp³-hybridized carbons (Fsp3) is 0.208. The summed E-state index contributed by atoms with van der Waals surface area (Å²) >= 11 is 0. The summed E-state index contributed by atoms with van der Waals surface area (Å²) in [6, 6.07) is 15.1. The summed E-state index contributed by atoms with van der Waals surface area (Å²) in [5.74, 6) is -1.09. The van der Waals surface area contributed by atoms with Crippen LogP contribution in [0.2, 0.25) is 0 Å². The van der Waals surface area contributed by atoms with Gasteiger partial charge in [-0.1, -0.05) is 23.8 Å². The predicted molar refractivity (Wildman–Crippen MR) is 122 cm³/mol. The minimum atomic E-state index is -0.859. The molecule has 1 aromatic heterocycles. The van der Waals surface area contributed by atoms with Gasteiger partial charge in [-0.05, 0) is 57.5 Å². The third-order valence-electron chi connectivity index (χ3n) is 4.97. The van der Waals surface area contributed by atoms with Crippen molar-refractivity contribution in [3.05, 3.63) is 76.6 Å². The first kappa shape index (κ1) is 21.8. The first-order valence-electron chi connectivity index (χ1n) is 9.85. The van der Waals surface area contributed by atoms with Gasteiger partial charge < -0.3 is 14.6 Å². The molecule has 0 spiro atoms. The van der Waals surface area contributed by atoms with E-state index in [4.69, 9.17) is 4.74 Å². The molecule has 3 aromatic rings. The molecule has 0 aliphatic rings. The number of aryl methyl sites for hydroxylation is 3.